The third-order valence-electron chi connectivity index (χ3n) is 3.44. The maximum absolute atomic E-state index is 13.7. The minimum Gasteiger partial charge on any atom is -0.488 e. The first-order valence-electron chi connectivity index (χ1n) is 7.28. The normalized spacial score (nSPS) is 10.5. The standard InChI is InChI=1S/C18H18ClFO3/c1-4-22-18(21)13-6-5-7-15(19)14(13)10-23-17-9-16(20)11(2)8-12(17)3/h5-9H,4,10H2,1-3H3. The maximum atomic E-state index is 13.7. The van der Waals surface area contributed by atoms with Crippen LogP contribution in [0, 0.1) is 19.7 Å². The van der Waals surface area contributed by atoms with Crippen LogP contribution in [0.5, 0.6) is 5.75 Å². The van der Waals surface area contributed by atoms with Crippen molar-refractivity contribution in [2.75, 3.05) is 6.61 Å². The lowest BCUT2D eigenvalue weighted by Gasteiger charge is -2.14. The van der Waals surface area contributed by atoms with Crippen LogP contribution in [0.25, 0.3) is 0 Å². The molecule has 0 saturated carbocycles. The van der Waals surface area contributed by atoms with Crippen LogP contribution in [0.4, 0.5) is 4.39 Å². The molecule has 23 heavy (non-hydrogen) atoms. The molecule has 2 aromatic carbocycles. The van der Waals surface area contributed by atoms with Gasteiger partial charge in [0.1, 0.15) is 18.2 Å². The summed E-state index contributed by atoms with van der Waals surface area (Å²) in [6.45, 7) is 5.59. The lowest BCUT2D eigenvalue weighted by Crippen LogP contribution is -2.10. The number of carbonyl (C=O) groups is 1. The molecule has 0 N–H and O–H groups in total. The molecule has 0 unspecified atom stereocenters. The van der Waals surface area contributed by atoms with E-state index in [0.717, 1.165) is 5.56 Å². The van der Waals surface area contributed by atoms with Crippen molar-refractivity contribution in [3.8, 4) is 5.75 Å². The van der Waals surface area contributed by atoms with Crippen LogP contribution < -0.4 is 4.74 Å². The predicted molar refractivity (Wildman–Crippen MR) is 87.6 cm³/mol. The van der Waals surface area contributed by atoms with Crippen LogP contribution in [0.2, 0.25) is 5.02 Å². The van der Waals surface area contributed by atoms with E-state index in [4.69, 9.17) is 21.1 Å². The van der Waals surface area contributed by atoms with Crippen LogP contribution in [-0.2, 0) is 11.3 Å². The van der Waals surface area contributed by atoms with Crippen molar-refractivity contribution in [3.63, 3.8) is 0 Å². The van der Waals surface area contributed by atoms with Crippen LogP contribution in [-0.4, -0.2) is 12.6 Å². The highest BCUT2D eigenvalue weighted by atomic mass is 35.5. The van der Waals surface area contributed by atoms with E-state index >= 15 is 0 Å². The van der Waals surface area contributed by atoms with Gasteiger partial charge in [0, 0.05) is 16.7 Å². The average molecular weight is 337 g/mol. The molecule has 0 heterocycles. The van der Waals surface area contributed by atoms with Gasteiger partial charge in [-0.05, 0) is 50.1 Å². The Balaban J connectivity index is 2.27. The molecule has 0 aromatic heterocycles. The van der Waals surface area contributed by atoms with Gasteiger partial charge in [-0.3, -0.25) is 0 Å². The van der Waals surface area contributed by atoms with Gasteiger partial charge >= 0.3 is 5.97 Å². The Morgan fingerprint density at radius 3 is 2.65 bits per heavy atom. The van der Waals surface area contributed by atoms with Gasteiger partial charge in [-0.2, -0.15) is 0 Å². The smallest absolute Gasteiger partial charge is 0.338 e. The van der Waals surface area contributed by atoms with E-state index in [1.807, 2.05) is 6.92 Å². The third kappa shape index (κ3) is 4.02. The summed E-state index contributed by atoms with van der Waals surface area (Å²) < 4.78 is 24.4. The molecule has 0 fully saturated rings. The number of esters is 1. The van der Waals surface area contributed by atoms with Gasteiger partial charge in [0.05, 0.1) is 12.2 Å². The van der Waals surface area contributed by atoms with Gasteiger partial charge in [0.25, 0.3) is 0 Å². The van der Waals surface area contributed by atoms with E-state index in [1.54, 1.807) is 38.1 Å². The highest BCUT2D eigenvalue weighted by Gasteiger charge is 2.16. The molecule has 122 valence electrons. The largest absolute Gasteiger partial charge is 0.488 e. The Hall–Kier alpha value is -2.07. The summed E-state index contributed by atoms with van der Waals surface area (Å²) in [6.07, 6.45) is 0. The van der Waals surface area contributed by atoms with Crippen molar-refractivity contribution in [1.82, 2.24) is 0 Å². The van der Waals surface area contributed by atoms with Crippen molar-refractivity contribution in [2.24, 2.45) is 0 Å². The molecular weight excluding hydrogens is 319 g/mol. The molecule has 0 aliphatic heterocycles. The van der Waals surface area contributed by atoms with Crippen molar-refractivity contribution in [1.29, 1.82) is 0 Å². The fourth-order valence-corrected chi connectivity index (χ4v) is 2.45. The molecule has 0 atom stereocenters. The molecule has 0 aliphatic rings. The molecule has 0 saturated heterocycles. The van der Waals surface area contributed by atoms with E-state index in [-0.39, 0.29) is 19.0 Å². The number of hydrogen-bond donors (Lipinski definition) is 0. The summed E-state index contributed by atoms with van der Waals surface area (Å²) in [5, 5.41) is 0.404. The number of carbonyl (C=O) groups excluding carboxylic acids is 1. The number of hydrogen-bond acceptors (Lipinski definition) is 3. The minimum atomic E-state index is -0.458. The van der Waals surface area contributed by atoms with E-state index < -0.39 is 5.97 Å². The monoisotopic (exact) mass is 336 g/mol. The fraction of sp³-hybridized carbons (Fsp3) is 0.278. The Bertz CT molecular complexity index is 728. The first-order chi connectivity index (χ1) is 10.9. The summed E-state index contributed by atoms with van der Waals surface area (Å²) in [6, 6.07) is 8.03. The van der Waals surface area contributed by atoms with Gasteiger partial charge in [0.2, 0.25) is 0 Å². The van der Waals surface area contributed by atoms with E-state index in [0.29, 0.717) is 27.5 Å². The second-order valence-corrected chi connectivity index (χ2v) is 5.55. The quantitative estimate of drug-likeness (QED) is 0.732. The highest BCUT2D eigenvalue weighted by Crippen LogP contribution is 2.26. The number of aryl methyl sites for hydroxylation is 2. The summed E-state index contributed by atoms with van der Waals surface area (Å²) in [7, 11) is 0. The summed E-state index contributed by atoms with van der Waals surface area (Å²) in [4.78, 5) is 12.0. The van der Waals surface area contributed by atoms with Crippen molar-refractivity contribution in [2.45, 2.75) is 27.4 Å². The zero-order valence-corrected chi connectivity index (χ0v) is 14.0. The lowest BCUT2D eigenvalue weighted by atomic mass is 10.1. The van der Waals surface area contributed by atoms with Crippen LogP contribution in [0.15, 0.2) is 30.3 Å². The Labute approximate surface area is 140 Å². The molecule has 0 aliphatic carbocycles. The zero-order valence-electron chi connectivity index (χ0n) is 13.3. The van der Waals surface area contributed by atoms with Gasteiger partial charge in [-0.1, -0.05) is 17.7 Å². The first-order valence-corrected chi connectivity index (χ1v) is 7.66. The molecule has 0 amide bonds. The summed E-state index contributed by atoms with van der Waals surface area (Å²) >= 11 is 6.17. The third-order valence-corrected chi connectivity index (χ3v) is 3.80. The fourth-order valence-electron chi connectivity index (χ4n) is 2.22. The number of ether oxygens (including phenoxy) is 2. The topological polar surface area (TPSA) is 35.5 Å². The van der Waals surface area contributed by atoms with Gasteiger partial charge in [0.15, 0.2) is 0 Å². The van der Waals surface area contributed by atoms with E-state index in [1.165, 1.54) is 6.07 Å². The highest BCUT2D eigenvalue weighted by molar-refractivity contribution is 6.31. The van der Waals surface area contributed by atoms with E-state index in [9.17, 15) is 9.18 Å². The van der Waals surface area contributed by atoms with Gasteiger partial charge < -0.3 is 9.47 Å². The Kier molecular flexibility index (Phi) is 5.61. The van der Waals surface area contributed by atoms with Gasteiger partial charge in [-0.25, -0.2) is 9.18 Å². The van der Waals surface area contributed by atoms with E-state index in [2.05, 4.69) is 0 Å². The lowest BCUT2D eigenvalue weighted by molar-refractivity contribution is 0.0523. The second-order valence-electron chi connectivity index (χ2n) is 5.14. The molecule has 5 heteroatoms. The maximum Gasteiger partial charge on any atom is 0.338 e. The summed E-state index contributed by atoms with van der Waals surface area (Å²) in [5.74, 6) is -0.376. The summed E-state index contributed by atoms with van der Waals surface area (Å²) in [5.41, 5.74) is 2.24. The second kappa shape index (κ2) is 7.47. The predicted octanol–water partition coefficient (Wildman–Crippen LogP) is 4.85. The minimum absolute atomic E-state index is 0.0527. The van der Waals surface area contributed by atoms with Crippen LogP contribution in [0.1, 0.15) is 34.0 Å². The number of halogens is 2. The number of benzene rings is 2. The molecule has 3 nitrogen and oxygen atoms in total. The zero-order chi connectivity index (χ0) is 17.0. The molecule has 0 bridgehead atoms. The van der Waals surface area contributed by atoms with Crippen LogP contribution in [0.3, 0.4) is 0 Å². The Morgan fingerprint density at radius 1 is 1.22 bits per heavy atom. The molecule has 0 radical (unpaired) electrons. The van der Waals surface area contributed by atoms with Crippen LogP contribution >= 0.6 is 11.6 Å². The van der Waals surface area contributed by atoms with Gasteiger partial charge in [-0.15, -0.1) is 0 Å². The van der Waals surface area contributed by atoms with Crippen molar-refractivity contribution >= 4 is 17.6 Å². The van der Waals surface area contributed by atoms with Crippen molar-refractivity contribution in [3.05, 3.63) is 63.4 Å². The first kappa shape index (κ1) is 17.3. The number of rotatable bonds is 5. The molecule has 0 spiro atoms. The van der Waals surface area contributed by atoms with Crippen molar-refractivity contribution < 1.29 is 18.7 Å². The molecule has 2 rings (SSSR count). The molecule has 2 aromatic rings. The molecular formula is C18H18ClFO3. The SMILES string of the molecule is CCOC(=O)c1cccc(Cl)c1COc1cc(F)c(C)cc1C. The Morgan fingerprint density at radius 2 is 1.96 bits per heavy atom. The average Bonchev–Trinajstić information content (AvgIpc) is 2.50.